The van der Waals surface area contributed by atoms with Crippen LogP contribution in [0.25, 0.3) is 0 Å². The van der Waals surface area contributed by atoms with Crippen LogP contribution in [0.2, 0.25) is 0 Å². The topological polar surface area (TPSA) is 66.8 Å². The molecule has 5 nitrogen and oxygen atoms in total. The van der Waals surface area contributed by atoms with Gasteiger partial charge in [0.15, 0.2) is 0 Å². The number of hydrogen-bond donors (Lipinski definition) is 1. The molecule has 1 aromatic carbocycles. The number of carboxylic acid groups (broad SMARTS) is 1. The number of ether oxygens (including phenoxy) is 1. The monoisotopic (exact) mass is 327 g/mol. The summed E-state index contributed by atoms with van der Waals surface area (Å²) in [7, 11) is 0. The maximum absolute atomic E-state index is 12.0. The van der Waals surface area contributed by atoms with Crippen LogP contribution in [0.3, 0.4) is 0 Å². The van der Waals surface area contributed by atoms with E-state index in [1.807, 2.05) is 19.9 Å². The summed E-state index contributed by atoms with van der Waals surface area (Å²) in [6, 6.07) is 5.47. The number of aliphatic carboxylic acids is 1. The van der Waals surface area contributed by atoms with Crippen LogP contribution < -0.4 is 4.74 Å². The van der Waals surface area contributed by atoms with E-state index in [1.165, 1.54) is 4.90 Å². The lowest BCUT2D eigenvalue weighted by Crippen LogP contribution is -2.33. The first-order valence-electron chi connectivity index (χ1n) is 7.32. The minimum atomic E-state index is -0.808. The quantitative estimate of drug-likeness (QED) is 0.582. The molecule has 22 heavy (non-hydrogen) atoms. The van der Waals surface area contributed by atoms with Gasteiger partial charge in [0.25, 0.3) is 0 Å². The average Bonchev–Trinajstić information content (AvgIpc) is 2.47. The molecule has 0 unspecified atom stereocenters. The largest absolute Gasteiger partial charge is 0.481 e. The van der Waals surface area contributed by atoms with Crippen molar-refractivity contribution in [2.75, 3.05) is 12.5 Å². The molecule has 0 saturated carbocycles. The highest BCUT2D eigenvalue weighted by molar-refractivity contribution is 6.18. The van der Waals surface area contributed by atoms with Crippen molar-refractivity contribution in [3.8, 4) is 5.75 Å². The van der Waals surface area contributed by atoms with Gasteiger partial charge in [0.1, 0.15) is 5.75 Å². The zero-order valence-electron chi connectivity index (χ0n) is 13.0. The normalized spacial score (nSPS) is 10.3. The molecule has 1 rings (SSSR count). The number of carbonyl (C=O) groups excluding carboxylic acids is 1. The van der Waals surface area contributed by atoms with Crippen molar-refractivity contribution in [1.29, 1.82) is 0 Å². The fourth-order valence-corrected chi connectivity index (χ4v) is 2.26. The molecule has 0 aliphatic carbocycles. The van der Waals surface area contributed by atoms with E-state index in [1.54, 1.807) is 12.1 Å². The highest BCUT2D eigenvalue weighted by Gasteiger charge is 2.14. The minimum absolute atomic E-state index is 0.0873. The van der Waals surface area contributed by atoms with Crippen molar-refractivity contribution in [2.24, 2.45) is 0 Å². The van der Waals surface area contributed by atoms with Gasteiger partial charge < -0.3 is 9.84 Å². The van der Waals surface area contributed by atoms with Crippen LogP contribution in [0.15, 0.2) is 18.2 Å². The van der Waals surface area contributed by atoms with Crippen LogP contribution in [0, 0.1) is 6.92 Å². The number of benzene rings is 1. The van der Waals surface area contributed by atoms with E-state index in [4.69, 9.17) is 21.4 Å². The van der Waals surface area contributed by atoms with Crippen molar-refractivity contribution in [2.45, 2.75) is 39.5 Å². The maximum atomic E-state index is 12.0. The van der Waals surface area contributed by atoms with Gasteiger partial charge in [-0.3, -0.25) is 9.69 Å². The zero-order valence-corrected chi connectivity index (χ0v) is 13.7. The molecule has 1 aromatic rings. The summed E-state index contributed by atoms with van der Waals surface area (Å²) in [4.78, 5) is 24.0. The summed E-state index contributed by atoms with van der Waals surface area (Å²) < 4.78 is 5.33. The molecule has 6 heteroatoms. The standard InChI is InChI=1S/C16H22ClNO4/c1-3-9-18(11-17)16(21)22-14-8-7-12(2)13(10-14)5-4-6-15(19)20/h7-8,10H,3-6,9,11H2,1-2H3,(H,19,20). The van der Waals surface area contributed by atoms with Crippen molar-refractivity contribution < 1.29 is 19.4 Å². The molecule has 0 saturated heterocycles. The summed E-state index contributed by atoms with van der Waals surface area (Å²) in [6.45, 7) is 4.45. The summed E-state index contributed by atoms with van der Waals surface area (Å²) in [5.74, 6) is -0.357. The second-order valence-corrected chi connectivity index (χ2v) is 5.33. The Labute approximate surface area is 135 Å². The van der Waals surface area contributed by atoms with Crippen LogP contribution in [0.4, 0.5) is 4.79 Å². The van der Waals surface area contributed by atoms with Gasteiger partial charge in [-0.05, 0) is 49.4 Å². The predicted molar refractivity (Wildman–Crippen MR) is 85.5 cm³/mol. The molecule has 0 aliphatic heterocycles. The zero-order chi connectivity index (χ0) is 16.5. The number of alkyl halides is 1. The summed E-state index contributed by atoms with van der Waals surface area (Å²) in [6.07, 6.45) is 1.64. The van der Waals surface area contributed by atoms with Gasteiger partial charge in [0.2, 0.25) is 0 Å². The van der Waals surface area contributed by atoms with Gasteiger partial charge in [0, 0.05) is 13.0 Å². The molecule has 1 N–H and O–H groups in total. The van der Waals surface area contributed by atoms with Crippen molar-refractivity contribution in [3.05, 3.63) is 29.3 Å². The smallest absolute Gasteiger partial charge is 0.416 e. The molecular formula is C16H22ClNO4. The second-order valence-electron chi connectivity index (χ2n) is 5.09. The lowest BCUT2D eigenvalue weighted by molar-refractivity contribution is -0.137. The molecule has 0 aromatic heterocycles. The van der Waals surface area contributed by atoms with Gasteiger partial charge in [0.05, 0.1) is 6.00 Å². The molecule has 1 amide bonds. The number of amides is 1. The Morgan fingerprint density at radius 2 is 2.09 bits per heavy atom. The molecular weight excluding hydrogens is 306 g/mol. The molecule has 0 radical (unpaired) electrons. The molecule has 0 atom stereocenters. The van der Waals surface area contributed by atoms with Gasteiger partial charge in [-0.2, -0.15) is 0 Å². The minimum Gasteiger partial charge on any atom is -0.481 e. The highest BCUT2D eigenvalue weighted by atomic mass is 35.5. The van der Waals surface area contributed by atoms with Gasteiger partial charge in [-0.15, -0.1) is 11.6 Å². The number of aryl methyl sites for hydroxylation is 2. The van der Waals surface area contributed by atoms with Gasteiger partial charge in [-0.25, -0.2) is 4.79 Å². The van der Waals surface area contributed by atoms with E-state index < -0.39 is 12.1 Å². The van der Waals surface area contributed by atoms with Crippen LogP contribution in [-0.4, -0.2) is 34.6 Å². The third kappa shape index (κ3) is 5.93. The number of halogens is 1. The van der Waals surface area contributed by atoms with Crippen LogP contribution in [0.1, 0.15) is 37.3 Å². The fraction of sp³-hybridized carbons (Fsp3) is 0.500. The molecule has 0 spiro atoms. The Morgan fingerprint density at radius 3 is 2.68 bits per heavy atom. The second kappa shape index (κ2) is 9.30. The van der Waals surface area contributed by atoms with E-state index in [0.717, 1.165) is 17.5 Å². The highest BCUT2D eigenvalue weighted by Crippen LogP contribution is 2.20. The Kier molecular flexibility index (Phi) is 7.74. The van der Waals surface area contributed by atoms with E-state index in [2.05, 4.69) is 0 Å². The number of nitrogens with zero attached hydrogens (tertiary/aromatic N) is 1. The Bertz CT molecular complexity index is 519. The molecule has 122 valence electrons. The van der Waals surface area contributed by atoms with E-state index in [-0.39, 0.29) is 12.4 Å². The van der Waals surface area contributed by atoms with Crippen molar-refractivity contribution >= 4 is 23.7 Å². The van der Waals surface area contributed by atoms with Crippen LogP contribution in [0.5, 0.6) is 5.75 Å². The molecule has 0 aliphatic rings. The number of carbonyl (C=O) groups is 2. The first-order valence-corrected chi connectivity index (χ1v) is 7.85. The first kappa shape index (κ1) is 18.3. The first-order chi connectivity index (χ1) is 10.5. The predicted octanol–water partition coefficient (Wildman–Crippen LogP) is 3.81. The molecule has 0 fully saturated rings. The van der Waals surface area contributed by atoms with Gasteiger partial charge >= 0.3 is 12.1 Å². The van der Waals surface area contributed by atoms with Crippen molar-refractivity contribution in [3.63, 3.8) is 0 Å². The lowest BCUT2D eigenvalue weighted by atomic mass is 10.0. The number of rotatable bonds is 8. The third-order valence-electron chi connectivity index (χ3n) is 3.26. The van der Waals surface area contributed by atoms with E-state index in [0.29, 0.717) is 25.1 Å². The number of carboxylic acids is 1. The summed E-state index contributed by atoms with van der Waals surface area (Å²) in [5.41, 5.74) is 2.03. The maximum Gasteiger partial charge on any atom is 0.416 e. The molecule has 0 bridgehead atoms. The molecule has 0 heterocycles. The Balaban J connectivity index is 2.71. The van der Waals surface area contributed by atoms with Gasteiger partial charge in [-0.1, -0.05) is 13.0 Å². The van der Waals surface area contributed by atoms with Crippen LogP contribution >= 0.6 is 11.6 Å². The average molecular weight is 328 g/mol. The van der Waals surface area contributed by atoms with E-state index in [9.17, 15) is 9.59 Å². The van der Waals surface area contributed by atoms with Crippen molar-refractivity contribution in [1.82, 2.24) is 4.90 Å². The third-order valence-corrected chi connectivity index (χ3v) is 3.55. The Hall–Kier alpha value is -1.75. The fourth-order valence-electron chi connectivity index (χ4n) is 2.05. The van der Waals surface area contributed by atoms with E-state index >= 15 is 0 Å². The summed E-state index contributed by atoms with van der Waals surface area (Å²) >= 11 is 5.73. The summed E-state index contributed by atoms with van der Waals surface area (Å²) in [5, 5.41) is 8.69. The number of hydrogen-bond acceptors (Lipinski definition) is 3. The Morgan fingerprint density at radius 1 is 1.36 bits per heavy atom. The lowest BCUT2D eigenvalue weighted by Gasteiger charge is -2.18. The SMILES string of the molecule is CCCN(CCl)C(=O)Oc1ccc(C)c(CCCC(=O)O)c1. The van der Waals surface area contributed by atoms with Crippen LogP contribution in [-0.2, 0) is 11.2 Å².